The monoisotopic (exact) mass is 256 g/mol. The molecule has 2 aliphatic rings. The Morgan fingerprint density at radius 2 is 2.16 bits per heavy atom. The maximum Gasteiger partial charge on any atom is 0.0528 e. The van der Waals surface area contributed by atoms with Crippen molar-refractivity contribution in [2.45, 2.75) is 25.9 Å². The molecule has 1 saturated heterocycles. The summed E-state index contributed by atoms with van der Waals surface area (Å²) in [5, 5.41) is 1.41. The summed E-state index contributed by atoms with van der Waals surface area (Å²) in [5.74, 6) is 0.744. The zero-order valence-electron chi connectivity index (χ0n) is 11.4. The lowest BCUT2D eigenvalue weighted by molar-refractivity contribution is -0.0531. The highest BCUT2D eigenvalue weighted by atomic mass is 16.5. The molecule has 0 amide bonds. The summed E-state index contributed by atoms with van der Waals surface area (Å²) in [5.41, 5.74) is 4.23. The maximum atomic E-state index is 5.29. The minimum atomic E-state index is 0.632. The molecule has 2 aromatic rings. The number of rotatable bonds is 2. The van der Waals surface area contributed by atoms with Crippen LogP contribution >= 0.6 is 0 Å². The number of aromatic nitrogens is 1. The van der Waals surface area contributed by atoms with Crippen molar-refractivity contribution < 1.29 is 4.74 Å². The lowest BCUT2D eigenvalue weighted by Crippen LogP contribution is -2.45. The third kappa shape index (κ3) is 1.88. The summed E-state index contributed by atoms with van der Waals surface area (Å²) < 4.78 is 5.29. The molecule has 3 heterocycles. The summed E-state index contributed by atoms with van der Waals surface area (Å²) in [6.07, 6.45) is 1.16. The highest BCUT2D eigenvalue weighted by Crippen LogP contribution is 2.30. The van der Waals surface area contributed by atoms with Gasteiger partial charge < -0.3 is 9.72 Å². The topological polar surface area (TPSA) is 28.3 Å². The molecule has 4 rings (SSSR count). The van der Waals surface area contributed by atoms with E-state index < -0.39 is 0 Å². The van der Waals surface area contributed by atoms with Gasteiger partial charge in [-0.15, -0.1) is 0 Å². The average Bonchev–Trinajstić information content (AvgIpc) is 2.71. The summed E-state index contributed by atoms with van der Waals surface area (Å²) >= 11 is 0. The van der Waals surface area contributed by atoms with Crippen molar-refractivity contribution in [3.8, 4) is 0 Å². The second-order valence-electron chi connectivity index (χ2n) is 6.01. The maximum absolute atomic E-state index is 5.29. The van der Waals surface area contributed by atoms with Crippen LogP contribution in [0.25, 0.3) is 10.9 Å². The summed E-state index contributed by atoms with van der Waals surface area (Å²) in [4.78, 5) is 6.21. The first-order chi connectivity index (χ1) is 9.31. The molecule has 1 aromatic carbocycles. The van der Waals surface area contributed by atoms with Gasteiger partial charge in [-0.2, -0.15) is 0 Å². The minimum absolute atomic E-state index is 0.632. The molecule has 0 aliphatic carbocycles. The van der Waals surface area contributed by atoms with E-state index in [9.17, 15) is 0 Å². The van der Waals surface area contributed by atoms with Crippen LogP contribution in [0.4, 0.5) is 0 Å². The predicted octanol–water partition coefficient (Wildman–Crippen LogP) is 2.56. The Morgan fingerprint density at radius 1 is 1.32 bits per heavy atom. The average molecular weight is 256 g/mol. The van der Waals surface area contributed by atoms with E-state index >= 15 is 0 Å². The van der Waals surface area contributed by atoms with Crippen LogP contribution in [0.1, 0.15) is 18.2 Å². The van der Waals surface area contributed by atoms with Crippen LogP contribution in [0.3, 0.4) is 0 Å². The lowest BCUT2D eigenvalue weighted by Gasteiger charge is -2.38. The fourth-order valence-electron chi connectivity index (χ4n) is 3.37. The number of H-pyrrole nitrogens is 1. The zero-order chi connectivity index (χ0) is 12.8. The SMILES string of the molecule is CC1Cc2c([nH]c3ccccc23)CN1CC1COC1. The number of hydrogen-bond donors (Lipinski definition) is 1. The highest BCUT2D eigenvalue weighted by molar-refractivity contribution is 5.84. The standard InChI is InChI=1S/C16H20N2O/c1-11-6-14-13-4-2-3-5-15(13)17-16(14)8-18(11)7-12-9-19-10-12/h2-5,11-12,17H,6-10H2,1H3. The minimum Gasteiger partial charge on any atom is -0.381 e. The van der Waals surface area contributed by atoms with Gasteiger partial charge in [0.05, 0.1) is 13.2 Å². The van der Waals surface area contributed by atoms with Crippen molar-refractivity contribution in [2.75, 3.05) is 19.8 Å². The van der Waals surface area contributed by atoms with Gasteiger partial charge in [0, 0.05) is 41.6 Å². The largest absolute Gasteiger partial charge is 0.381 e. The van der Waals surface area contributed by atoms with Crippen molar-refractivity contribution in [1.29, 1.82) is 0 Å². The van der Waals surface area contributed by atoms with E-state index in [1.807, 2.05) is 0 Å². The Labute approximate surface area is 113 Å². The van der Waals surface area contributed by atoms with Crippen molar-refractivity contribution in [3.63, 3.8) is 0 Å². The van der Waals surface area contributed by atoms with Crippen LogP contribution in [-0.2, 0) is 17.7 Å². The van der Waals surface area contributed by atoms with E-state index in [2.05, 4.69) is 41.1 Å². The fourth-order valence-corrected chi connectivity index (χ4v) is 3.37. The Hall–Kier alpha value is -1.32. The van der Waals surface area contributed by atoms with E-state index in [-0.39, 0.29) is 0 Å². The van der Waals surface area contributed by atoms with E-state index in [1.54, 1.807) is 0 Å². The second kappa shape index (κ2) is 4.36. The molecule has 100 valence electrons. The van der Waals surface area contributed by atoms with Gasteiger partial charge in [-0.05, 0) is 25.0 Å². The van der Waals surface area contributed by atoms with Crippen molar-refractivity contribution in [1.82, 2.24) is 9.88 Å². The predicted molar refractivity (Wildman–Crippen MR) is 76.2 cm³/mol. The van der Waals surface area contributed by atoms with Crippen molar-refractivity contribution >= 4 is 10.9 Å². The molecule has 0 bridgehead atoms. The van der Waals surface area contributed by atoms with Crippen LogP contribution in [0, 0.1) is 5.92 Å². The number of fused-ring (bicyclic) bond motifs is 3. The quantitative estimate of drug-likeness (QED) is 0.894. The number of hydrogen-bond acceptors (Lipinski definition) is 2. The normalized spacial score (nSPS) is 24.4. The Morgan fingerprint density at radius 3 is 2.95 bits per heavy atom. The smallest absolute Gasteiger partial charge is 0.0528 e. The molecule has 0 radical (unpaired) electrons. The van der Waals surface area contributed by atoms with E-state index in [1.165, 1.54) is 28.7 Å². The van der Waals surface area contributed by atoms with Gasteiger partial charge in [-0.3, -0.25) is 4.90 Å². The van der Waals surface area contributed by atoms with Gasteiger partial charge in [-0.1, -0.05) is 18.2 Å². The molecule has 3 nitrogen and oxygen atoms in total. The number of para-hydroxylation sites is 1. The van der Waals surface area contributed by atoms with Crippen LogP contribution in [0.5, 0.6) is 0 Å². The van der Waals surface area contributed by atoms with Crippen LogP contribution < -0.4 is 0 Å². The molecule has 2 aliphatic heterocycles. The van der Waals surface area contributed by atoms with E-state index in [4.69, 9.17) is 4.74 Å². The van der Waals surface area contributed by atoms with Gasteiger partial charge in [0.2, 0.25) is 0 Å². The molecule has 1 unspecified atom stereocenters. The van der Waals surface area contributed by atoms with Crippen LogP contribution in [-0.4, -0.2) is 35.7 Å². The molecule has 1 N–H and O–H groups in total. The third-order valence-electron chi connectivity index (χ3n) is 4.59. The van der Waals surface area contributed by atoms with Crippen molar-refractivity contribution in [3.05, 3.63) is 35.5 Å². The molecule has 1 atom stereocenters. The second-order valence-corrected chi connectivity index (χ2v) is 6.01. The van der Waals surface area contributed by atoms with Gasteiger partial charge in [0.25, 0.3) is 0 Å². The molecule has 3 heteroatoms. The van der Waals surface area contributed by atoms with Gasteiger partial charge >= 0.3 is 0 Å². The van der Waals surface area contributed by atoms with Gasteiger partial charge in [0.1, 0.15) is 0 Å². The van der Waals surface area contributed by atoms with Crippen LogP contribution in [0.2, 0.25) is 0 Å². The summed E-state index contributed by atoms with van der Waals surface area (Å²) in [6.45, 7) is 6.48. The first kappa shape index (κ1) is 11.5. The summed E-state index contributed by atoms with van der Waals surface area (Å²) in [6, 6.07) is 9.30. The molecular weight excluding hydrogens is 236 g/mol. The number of nitrogens with zero attached hydrogens (tertiary/aromatic N) is 1. The molecule has 1 aromatic heterocycles. The Kier molecular flexibility index (Phi) is 2.64. The third-order valence-corrected chi connectivity index (χ3v) is 4.59. The van der Waals surface area contributed by atoms with Gasteiger partial charge in [0.15, 0.2) is 0 Å². The Balaban J connectivity index is 1.64. The molecule has 0 spiro atoms. The first-order valence-electron chi connectivity index (χ1n) is 7.21. The van der Waals surface area contributed by atoms with Crippen molar-refractivity contribution in [2.24, 2.45) is 5.92 Å². The van der Waals surface area contributed by atoms with Crippen LogP contribution in [0.15, 0.2) is 24.3 Å². The number of aromatic amines is 1. The molecule has 1 fully saturated rings. The first-order valence-corrected chi connectivity index (χ1v) is 7.21. The summed E-state index contributed by atoms with van der Waals surface area (Å²) in [7, 11) is 0. The number of benzene rings is 1. The zero-order valence-corrected chi connectivity index (χ0v) is 11.4. The molecular formula is C16H20N2O. The number of ether oxygens (including phenoxy) is 1. The number of nitrogens with one attached hydrogen (secondary N) is 1. The fraction of sp³-hybridized carbons (Fsp3) is 0.500. The van der Waals surface area contributed by atoms with E-state index in [0.717, 1.165) is 32.1 Å². The molecule has 19 heavy (non-hydrogen) atoms. The molecule has 0 saturated carbocycles. The lowest BCUT2D eigenvalue weighted by atomic mass is 9.96. The van der Waals surface area contributed by atoms with E-state index in [0.29, 0.717) is 6.04 Å². The van der Waals surface area contributed by atoms with Gasteiger partial charge in [-0.25, -0.2) is 0 Å². The Bertz CT molecular complexity index is 600. The highest BCUT2D eigenvalue weighted by Gasteiger charge is 2.29.